The number of carbonyl (C=O) groups excluding carboxylic acids is 2. The quantitative estimate of drug-likeness (QED) is 0.834. The third-order valence-electron chi connectivity index (χ3n) is 2.52. The van der Waals surface area contributed by atoms with Gasteiger partial charge >= 0.3 is 5.97 Å². The van der Waals surface area contributed by atoms with E-state index in [2.05, 4.69) is 4.98 Å². The molecule has 98 valence electrons. The highest BCUT2D eigenvalue weighted by Crippen LogP contribution is 2.11. The van der Waals surface area contributed by atoms with Crippen molar-refractivity contribution in [3.05, 3.63) is 48.0 Å². The lowest BCUT2D eigenvalue weighted by Crippen LogP contribution is -2.10. The first-order valence-corrected chi connectivity index (χ1v) is 5.73. The summed E-state index contributed by atoms with van der Waals surface area (Å²) < 4.78 is 6.52. The van der Waals surface area contributed by atoms with Gasteiger partial charge in [-0.05, 0) is 31.2 Å². The number of nitrogens with two attached hydrogens (primary N) is 1. The second-order valence-electron chi connectivity index (χ2n) is 3.80. The molecule has 1 aromatic carbocycles. The van der Waals surface area contributed by atoms with E-state index in [0.717, 1.165) is 5.69 Å². The molecule has 2 rings (SSSR count). The van der Waals surface area contributed by atoms with Crippen LogP contribution in [0.25, 0.3) is 5.69 Å². The van der Waals surface area contributed by atoms with Crippen LogP contribution >= 0.6 is 0 Å². The van der Waals surface area contributed by atoms with Crippen LogP contribution in [0.15, 0.2) is 36.8 Å². The van der Waals surface area contributed by atoms with E-state index < -0.39 is 11.9 Å². The van der Waals surface area contributed by atoms with Gasteiger partial charge in [0.2, 0.25) is 5.91 Å². The number of primary amides is 1. The van der Waals surface area contributed by atoms with Crippen molar-refractivity contribution in [1.29, 1.82) is 0 Å². The van der Waals surface area contributed by atoms with E-state index in [-0.39, 0.29) is 5.69 Å². The third-order valence-corrected chi connectivity index (χ3v) is 2.52. The summed E-state index contributed by atoms with van der Waals surface area (Å²) in [6, 6.07) is 6.66. The number of ether oxygens (including phenoxy) is 1. The van der Waals surface area contributed by atoms with Gasteiger partial charge in [-0.2, -0.15) is 0 Å². The lowest BCUT2D eigenvalue weighted by atomic mass is 10.2. The van der Waals surface area contributed by atoms with Gasteiger partial charge in [-0.15, -0.1) is 0 Å². The molecule has 6 heteroatoms. The summed E-state index contributed by atoms with van der Waals surface area (Å²) in [7, 11) is 0. The largest absolute Gasteiger partial charge is 0.461 e. The highest BCUT2D eigenvalue weighted by Gasteiger charge is 2.10. The van der Waals surface area contributed by atoms with Crippen molar-refractivity contribution in [2.45, 2.75) is 6.92 Å². The van der Waals surface area contributed by atoms with E-state index in [9.17, 15) is 9.59 Å². The smallest absolute Gasteiger partial charge is 0.358 e. The Morgan fingerprint density at radius 2 is 2.00 bits per heavy atom. The van der Waals surface area contributed by atoms with Gasteiger partial charge in [-0.25, -0.2) is 9.78 Å². The van der Waals surface area contributed by atoms with Gasteiger partial charge < -0.3 is 15.0 Å². The normalized spacial score (nSPS) is 10.2. The summed E-state index contributed by atoms with van der Waals surface area (Å²) in [6.45, 7) is 2.04. The van der Waals surface area contributed by atoms with Crippen molar-refractivity contribution in [2.24, 2.45) is 5.73 Å². The number of hydrogen-bond acceptors (Lipinski definition) is 4. The molecule has 0 saturated carbocycles. The van der Waals surface area contributed by atoms with E-state index in [0.29, 0.717) is 12.2 Å². The maximum absolute atomic E-state index is 11.5. The molecule has 1 heterocycles. The lowest BCUT2D eigenvalue weighted by Gasteiger charge is -2.02. The van der Waals surface area contributed by atoms with Crippen molar-refractivity contribution >= 4 is 11.9 Å². The van der Waals surface area contributed by atoms with Crippen molar-refractivity contribution in [2.75, 3.05) is 6.61 Å². The fourth-order valence-corrected chi connectivity index (χ4v) is 1.57. The third kappa shape index (κ3) is 2.79. The Balaban J connectivity index is 2.23. The molecule has 0 atom stereocenters. The molecule has 0 saturated heterocycles. The summed E-state index contributed by atoms with van der Waals surface area (Å²) in [5.74, 6) is -0.945. The van der Waals surface area contributed by atoms with Crippen molar-refractivity contribution < 1.29 is 14.3 Å². The maximum Gasteiger partial charge on any atom is 0.358 e. The van der Waals surface area contributed by atoms with Gasteiger partial charge in [0.25, 0.3) is 0 Å². The van der Waals surface area contributed by atoms with Crippen LogP contribution < -0.4 is 5.73 Å². The van der Waals surface area contributed by atoms with Gasteiger partial charge in [0.05, 0.1) is 6.61 Å². The zero-order valence-electron chi connectivity index (χ0n) is 10.4. The molecule has 0 bridgehead atoms. The van der Waals surface area contributed by atoms with E-state index in [1.54, 1.807) is 42.0 Å². The summed E-state index contributed by atoms with van der Waals surface area (Å²) in [6.07, 6.45) is 3.07. The van der Waals surface area contributed by atoms with Crippen LogP contribution in [0.4, 0.5) is 0 Å². The molecule has 6 nitrogen and oxygen atoms in total. The highest BCUT2D eigenvalue weighted by molar-refractivity contribution is 5.92. The number of aromatic nitrogens is 2. The van der Waals surface area contributed by atoms with Crippen LogP contribution in [-0.4, -0.2) is 28.0 Å². The number of amides is 1. The fourth-order valence-electron chi connectivity index (χ4n) is 1.57. The minimum absolute atomic E-state index is 0.237. The van der Waals surface area contributed by atoms with E-state index >= 15 is 0 Å². The molecule has 19 heavy (non-hydrogen) atoms. The van der Waals surface area contributed by atoms with E-state index in [1.807, 2.05) is 0 Å². The Hall–Kier alpha value is -2.63. The average molecular weight is 259 g/mol. The van der Waals surface area contributed by atoms with Crippen molar-refractivity contribution in [3.8, 4) is 5.69 Å². The Morgan fingerprint density at radius 3 is 2.58 bits per heavy atom. The number of imidazole rings is 1. The number of hydrogen-bond donors (Lipinski definition) is 1. The average Bonchev–Trinajstić information content (AvgIpc) is 2.89. The van der Waals surface area contributed by atoms with Gasteiger partial charge in [-0.3, -0.25) is 4.79 Å². The van der Waals surface area contributed by atoms with Crippen molar-refractivity contribution in [1.82, 2.24) is 9.55 Å². The molecular formula is C13H13N3O3. The standard InChI is InChI=1S/C13H13N3O3/c1-2-19-13(18)11-7-16(8-15-11)10-5-3-9(4-6-10)12(14)17/h3-8H,2H2,1H3,(H2,14,17). The highest BCUT2D eigenvalue weighted by atomic mass is 16.5. The summed E-state index contributed by atoms with van der Waals surface area (Å²) in [4.78, 5) is 26.4. The maximum atomic E-state index is 11.5. The predicted octanol–water partition coefficient (Wildman–Crippen LogP) is 1.15. The zero-order valence-corrected chi connectivity index (χ0v) is 10.4. The van der Waals surface area contributed by atoms with Crippen LogP contribution in [0.3, 0.4) is 0 Å². The first-order valence-electron chi connectivity index (χ1n) is 5.73. The first-order chi connectivity index (χ1) is 9.11. The fraction of sp³-hybridized carbons (Fsp3) is 0.154. The van der Waals surface area contributed by atoms with Crippen LogP contribution in [0.2, 0.25) is 0 Å². The van der Waals surface area contributed by atoms with Gasteiger partial charge in [0.15, 0.2) is 5.69 Å². The molecule has 0 fully saturated rings. The van der Waals surface area contributed by atoms with E-state index in [4.69, 9.17) is 10.5 Å². The van der Waals surface area contributed by atoms with Gasteiger partial charge in [0, 0.05) is 17.4 Å². The van der Waals surface area contributed by atoms with Crippen LogP contribution in [0, 0.1) is 0 Å². The Bertz CT molecular complexity index is 602. The molecule has 0 aliphatic rings. The van der Waals surface area contributed by atoms with Crippen LogP contribution in [-0.2, 0) is 4.74 Å². The van der Waals surface area contributed by atoms with Crippen LogP contribution in [0.5, 0.6) is 0 Å². The molecule has 0 aliphatic carbocycles. The monoisotopic (exact) mass is 259 g/mol. The molecule has 0 spiro atoms. The number of nitrogens with zero attached hydrogens (tertiary/aromatic N) is 2. The molecule has 0 radical (unpaired) electrons. The number of rotatable bonds is 4. The molecule has 0 unspecified atom stereocenters. The number of esters is 1. The molecule has 2 N–H and O–H groups in total. The lowest BCUT2D eigenvalue weighted by molar-refractivity contribution is 0.0520. The van der Waals surface area contributed by atoms with Crippen molar-refractivity contribution in [3.63, 3.8) is 0 Å². The Labute approximate surface area is 109 Å². The molecule has 0 aliphatic heterocycles. The van der Waals surface area contributed by atoms with Crippen LogP contribution in [0.1, 0.15) is 27.8 Å². The first kappa shape index (κ1) is 12.8. The Morgan fingerprint density at radius 1 is 1.32 bits per heavy atom. The summed E-state index contributed by atoms with van der Waals surface area (Å²) in [5, 5.41) is 0. The summed E-state index contributed by atoms with van der Waals surface area (Å²) in [5.41, 5.74) is 6.59. The Kier molecular flexibility index (Phi) is 3.61. The van der Waals surface area contributed by atoms with E-state index in [1.165, 1.54) is 6.33 Å². The molecule has 1 amide bonds. The van der Waals surface area contributed by atoms with Gasteiger partial charge in [0.1, 0.15) is 6.33 Å². The molecular weight excluding hydrogens is 246 g/mol. The second-order valence-corrected chi connectivity index (χ2v) is 3.80. The number of carbonyl (C=O) groups is 2. The van der Waals surface area contributed by atoms with Gasteiger partial charge in [-0.1, -0.05) is 0 Å². The minimum Gasteiger partial charge on any atom is -0.461 e. The predicted molar refractivity (Wildman–Crippen MR) is 68.0 cm³/mol. The topological polar surface area (TPSA) is 87.2 Å². The molecule has 1 aromatic heterocycles. The summed E-state index contributed by atoms with van der Waals surface area (Å²) >= 11 is 0. The molecule has 2 aromatic rings. The minimum atomic E-state index is -0.482. The number of benzene rings is 1. The zero-order chi connectivity index (χ0) is 13.8. The second kappa shape index (κ2) is 5.34. The SMILES string of the molecule is CCOC(=O)c1cn(-c2ccc(C(N)=O)cc2)cn1.